The zero-order valence-electron chi connectivity index (χ0n) is 14.6. The SMILES string of the molecule is CC(=O)c1c(C)[nH]c(C(=O)O[C@H](C)C(=O)N[C@H]2CCS(=O)(=O)C2)c1C. The van der Waals surface area contributed by atoms with E-state index in [0.29, 0.717) is 23.2 Å². The molecule has 138 valence electrons. The molecule has 1 aliphatic rings. The molecule has 2 N–H and O–H groups in total. The van der Waals surface area contributed by atoms with Crippen molar-refractivity contribution in [3.63, 3.8) is 0 Å². The van der Waals surface area contributed by atoms with E-state index in [2.05, 4.69) is 10.3 Å². The molecule has 8 nitrogen and oxygen atoms in total. The Morgan fingerprint density at radius 3 is 2.40 bits per heavy atom. The maximum atomic E-state index is 12.3. The number of carbonyl (C=O) groups is 3. The summed E-state index contributed by atoms with van der Waals surface area (Å²) in [5.41, 5.74) is 1.60. The van der Waals surface area contributed by atoms with Crippen molar-refractivity contribution in [2.75, 3.05) is 11.5 Å². The number of ketones is 1. The number of aromatic amines is 1. The van der Waals surface area contributed by atoms with Gasteiger partial charge in [0.2, 0.25) is 0 Å². The number of amides is 1. The third-order valence-electron chi connectivity index (χ3n) is 4.23. The second-order valence-corrected chi connectivity index (χ2v) is 8.57. The van der Waals surface area contributed by atoms with E-state index in [1.807, 2.05) is 0 Å². The van der Waals surface area contributed by atoms with Crippen molar-refractivity contribution in [2.45, 2.75) is 46.3 Å². The number of aromatic nitrogens is 1. The quantitative estimate of drug-likeness (QED) is 0.580. The zero-order valence-corrected chi connectivity index (χ0v) is 15.5. The number of nitrogens with one attached hydrogen (secondary N) is 2. The van der Waals surface area contributed by atoms with Gasteiger partial charge < -0.3 is 15.0 Å². The lowest BCUT2D eigenvalue weighted by molar-refractivity contribution is -0.129. The maximum absolute atomic E-state index is 12.3. The van der Waals surface area contributed by atoms with E-state index in [-0.39, 0.29) is 23.0 Å². The van der Waals surface area contributed by atoms with Gasteiger partial charge in [-0.15, -0.1) is 0 Å². The predicted octanol–water partition coefficient (Wildman–Crippen LogP) is 0.683. The molecule has 0 aliphatic carbocycles. The minimum absolute atomic E-state index is 0.0425. The first-order valence-corrected chi connectivity index (χ1v) is 9.76. The van der Waals surface area contributed by atoms with Gasteiger partial charge in [0, 0.05) is 17.3 Å². The number of Topliss-reactive ketones (excluding diaryl/α,β-unsaturated/α-hetero) is 1. The van der Waals surface area contributed by atoms with Crippen LogP contribution in [0, 0.1) is 13.8 Å². The molecule has 0 saturated carbocycles. The molecule has 2 atom stereocenters. The van der Waals surface area contributed by atoms with E-state index in [0.717, 1.165) is 0 Å². The van der Waals surface area contributed by atoms with E-state index in [9.17, 15) is 22.8 Å². The van der Waals surface area contributed by atoms with Crippen molar-refractivity contribution in [1.29, 1.82) is 0 Å². The molecule has 2 rings (SSSR count). The molecule has 1 fully saturated rings. The Balaban J connectivity index is 2.02. The maximum Gasteiger partial charge on any atom is 0.355 e. The van der Waals surface area contributed by atoms with Crippen LogP contribution in [0.5, 0.6) is 0 Å². The van der Waals surface area contributed by atoms with Gasteiger partial charge in [0.25, 0.3) is 5.91 Å². The van der Waals surface area contributed by atoms with Gasteiger partial charge in [0.05, 0.1) is 11.5 Å². The van der Waals surface area contributed by atoms with E-state index in [1.165, 1.54) is 13.8 Å². The van der Waals surface area contributed by atoms with Crippen LogP contribution in [0.3, 0.4) is 0 Å². The molecule has 1 amide bonds. The van der Waals surface area contributed by atoms with Crippen LogP contribution in [-0.4, -0.2) is 54.7 Å². The summed E-state index contributed by atoms with van der Waals surface area (Å²) in [6.07, 6.45) is -0.731. The largest absolute Gasteiger partial charge is 0.448 e. The highest BCUT2D eigenvalue weighted by Crippen LogP contribution is 2.20. The molecular weight excluding hydrogens is 348 g/mol. The molecule has 0 aromatic carbocycles. The minimum Gasteiger partial charge on any atom is -0.448 e. The molecule has 0 radical (unpaired) electrons. The Morgan fingerprint density at radius 1 is 1.28 bits per heavy atom. The number of esters is 1. The Labute approximate surface area is 146 Å². The lowest BCUT2D eigenvalue weighted by atomic mass is 10.1. The average Bonchev–Trinajstić information content (AvgIpc) is 2.97. The predicted molar refractivity (Wildman–Crippen MR) is 90.4 cm³/mol. The Kier molecular flexibility index (Phi) is 5.36. The van der Waals surface area contributed by atoms with Gasteiger partial charge in [0.15, 0.2) is 21.7 Å². The number of sulfone groups is 1. The first-order chi connectivity index (χ1) is 11.5. The number of ether oxygens (including phenoxy) is 1. The molecule has 0 bridgehead atoms. The standard InChI is InChI=1S/C16H22N2O6S/c1-8-13(10(3)19)9(2)17-14(8)16(21)24-11(4)15(20)18-12-5-6-25(22,23)7-12/h11-12,17H,5-7H2,1-4H3,(H,18,20)/t11-,12+/m1/s1. The Hall–Kier alpha value is -2.16. The number of carbonyl (C=O) groups excluding carboxylic acids is 3. The van der Waals surface area contributed by atoms with Crippen LogP contribution in [0.1, 0.15) is 52.4 Å². The van der Waals surface area contributed by atoms with Gasteiger partial charge in [-0.25, -0.2) is 13.2 Å². The second-order valence-electron chi connectivity index (χ2n) is 6.34. The van der Waals surface area contributed by atoms with Gasteiger partial charge >= 0.3 is 5.97 Å². The second kappa shape index (κ2) is 6.99. The van der Waals surface area contributed by atoms with Gasteiger partial charge in [-0.3, -0.25) is 9.59 Å². The highest BCUT2D eigenvalue weighted by molar-refractivity contribution is 7.91. The summed E-state index contributed by atoms with van der Waals surface area (Å²) in [7, 11) is -3.11. The fourth-order valence-electron chi connectivity index (χ4n) is 2.98. The van der Waals surface area contributed by atoms with Crippen LogP contribution >= 0.6 is 0 Å². The van der Waals surface area contributed by atoms with Crippen LogP contribution in [0.25, 0.3) is 0 Å². The summed E-state index contributed by atoms with van der Waals surface area (Å²) in [6, 6.07) is -0.461. The number of hydrogen-bond donors (Lipinski definition) is 2. The van der Waals surface area contributed by atoms with Gasteiger partial charge in [-0.05, 0) is 39.7 Å². The van der Waals surface area contributed by atoms with E-state index in [1.54, 1.807) is 13.8 Å². The van der Waals surface area contributed by atoms with Crippen LogP contribution < -0.4 is 5.32 Å². The number of H-pyrrole nitrogens is 1. The lowest BCUT2D eigenvalue weighted by Crippen LogP contribution is -2.42. The third-order valence-corrected chi connectivity index (χ3v) is 5.99. The third kappa shape index (κ3) is 4.28. The number of rotatable bonds is 5. The van der Waals surface area contributed by atoms with Gasteiger partial charge in [-0.2, -0.15) is 0 Å². The molecule has 1 aromatic heterocycles. The van der Waals surface area contributed by atoms with Gasteiger partial charge in [-0.1, -0.05) is 0 Å². The van der Waals surface area contributed by atoms with Crippen molar-refractivity contribution >= 4 is 27.5 Å². The van der Waals surface area contributed by atoms with Crippen LogP contribution in [0.4, 0.5) is 0 Å². The van der Waals surface area contributed by atoms with E-state index >= 15 is 0 Å². The molecule has 2 heterocycles. The summed E-state index contributed by atoms with van der Waals surface area (Å²) in [5.74, 6) is -1.52. The topological polar surface area (TPSA) is 122 Å². The zero-order chi connectivity index (χ0) is 18.9. The fourth-order valence-corrected chi connectivity index (χ4v) is 4.66. The summed E-state index contributed by atoms with van der Waals surface area (Å²) in [4.78, 5) is 38.8. The molecule has 1 aliphatic heterocycles. The van der Waals surface area contributed by atoms with Crippen molar-refractivity contribution < 1.29 is 27.5 Å². The normalized spacial score (nSPS) is 20.1. The first kappa shape index (κ1) is 19.2. The Morgan fingerprint density at radius 2 is 1.92 bits per heavy atom. The van der Waals surface area contributed by atoms with E-state index < -0.39 is 33.9 Å². The molecule has 1 aromatic rings. The van der Waals surface area contributed by atoms with Gasteiger partial charge in [0.1, 0.15) is 5.69 Å². The van der Waals surface area contributed by atoms with Crippen LogP contribution in [-0.2, 0) is 19.4 Å². The smallest absolute Gasteiger partial charge is 0.355 e. The monoisotopic (exact) mass is 370 g/mol. The van der Waals surface area contributed by atoms with Crippen LogP contribution in [0.15, 0.2) is 0 Å². The summed E-state index contributed by atoms with van der Waals surface area (Å²) < 4.78 is 28.0. The number of hydrogen-bond acceptors (Lipinski definition) is 6. The van der Waals surface area contributed by atoms with Crippen molar-refractivity contribution in [3.8, 4) is 0 Å². The number of aryl methyl sites for hydroxylation is 1. The highest BCUT2D eigenvalue weighted by Gasteiger charge is 2.31. The first-order valence-electron chi connectivity index (χ1n) is 7.93. The molecule has 25 heavy (non-hydrogen) atoms. The van der Waals surface area contributed by atoms with Crippen LogP contribution in [0.2, 0.25) is 0 Å². The highest BCUT2D eigenvalue weighted by atomic mass is 32.2. The molecular formula is C16H22N2O6S. The van der Waals surface area contributed by atoms with Crippen molar-refractivity contribution in [2.24, 2.45) is 0 Å². The molecule has 9 heteroatoms. The Bertz CT molecular complexity index is 824. The lowest BCUT2D eigenvalue weighted by Gasteiger charge is -2.16. The summed E-state index contributed by atoms with van der Waals surface area (Å²) in [5, 5.41) is 2.58. The van der Waals surface area contributed by atoms with Crippen molar-refractivity contribution in [3.05, 3.63) is 22.5 Å². The molecule has 0 spiro atoms. The van der Waals surface area contributed by atoms with E-state index in [4.69, 9.17) is 4.74 Å². The molecule has 0 unspecified atom stereocenters. The van der Waals surface area contributed by atoms with Crippen molar-refractivity contribution in [1.82, 2.24) is 10.3 Å². The molecule has 1 saturated heterocycles. The summed E-state index contributed by atoms with van der Waals surface area (Å²) >= 11 is 0. The summed E-state index contributed by atoms with van der Waals surface area (Å²) in [6.45, 7) is 6.12. The average molecular weight is 370 g/mol. The minimum atomic E-state index is -3.11. The fraction of sp³-hybridized carbons (Fsp3) is 0.562.